The molecule has 1 aromatic carbocycles. The fourth-order valence-corrected chi connectivity index (χ4v) is 2.52. The van der Waals surface area contributed by atoms with Crippen LogP contribution in [-0.4, -0.2) is 11.9 Å². The molecule has 1 atom stereocenters. The highest BCUT2D eigenvalue weighted by Gasteiger charge is 2.17. The predicted octanol–water partition coefficient (Wildman–Crippen LogP) is 2.53. The molecule has 3 nitrogen and oxygen atoms in total. The molecular weight excluding hydrogens is 224 g/mol. The second-order valence-electron chi connectivity index (χ2n) is 5.10. The van der Waals surface area contributed by atoms with E-state index in [1.807, 2.05) is 30.3 Å². The Morgan fingerprint density at radius 1 is 1.28 bits per heavy atom. The number of amides is 1. The standard InChI is InChI=1S/C15H22N2O/c16-14(12-6-2-1-3-7-12)10-11-15(18)17-13-8-4-5-9-13/h1-3,6-7,13-14H,4-5,8-11,16H2,(H,17,18). The van der Waals surface area contributed by atoms with Gasteiger partial charge in [0.25, 0.3) is 0 Å². The van der Waals surface area contributed by atoms with Crippen molar-refractivity contribution < 1.29 is 4.79 Å². The number of benzene rings is 1. The number of carbonyl (C=O) groups excluding carboxylic acids is 1. The van der Waals surface area contributed by atoms with E-state index >= 15 is 0 Å². The summed E-state index contributed by atoms with van der Waals surface area (Å²) in [4.78, 5) is 11.8. The van der Waals surface area contributed by atoms with Crippen LogP contribution in [-0.2, 0) is 4.79 Å². The van der Waals surface area contributed by atoms with E-state index in [2.05, 4.69) is 5.32 Å². The largest absolute Gasteiger partial charge is 0.353 e. The first-order chi connectivity index (χ1) is 8.75. The molecule has 1 aliphatic carbocycles. The van der Waals surface area contributed by atoms with Crippen LogP contribution in [0.25, 0.3) is 0 Å². The lowest BCUT2D eigenvalue weighted by Gasteiger charge is -2.14. The fourth-order valence-electron chi connectivity index (χ4n) is 2.52. The summed E-state index contributed by atoms with van der Waals surface area (Å²) >= 11 is 0. The highest BCUT2D eigenvalue weighted by Crippen LogP contribution is 2.19. The van der Waals surface area contributed by atoms with Gasteiger partial charge in [-0.25, -0.2) is 0 Å². The molecular formula is C15H22N2O. The lowest BCUT2D eigenvalue weighted by molar-refractivity contribution is -0.121. The Hall–Kier alpha value is -1.35. The Labute approximate surface area is 109 Å². The Balaban J connectivity index is 1.72. The molecule has 18 heavy (non-hydrogen) atoms. The number of rotatable bonds is 5. The van der Waals surface area contributed by atoms with Gasteiger partial charge in [-0.1, -0.05) is 43.2 Å². The molecule has 0 bridgehead atoms. The topological polar surface area (TPSA) is 55.1 Å². The van der Waals surface area contributed by atoms with Crippen LogP contribution in [0, 0.1) is 0 Å². The lowest BCUT2D eigenvalue weighted by atomic mass is 10.0. The quantitative estimate of drug-likeness (QED) is 0.838. The summed E-state index contributed by atoms with van der Waals surface area (Å²) in [6, 6.07) is 10.3. The van der Waals surface area contributed by atoms with Crippen LogP contribution in [0.2, 0.25) is 0 Å². The summed E-state index contributed by atoms with van der Waals surface area (Å²) in [6.07, 6.45) is 5.99. The van der Waals surface area contributed by atoms with Gasteiger partial charge in [-0.3, -0.25) is 4.79 Å². The molecule has 3 heteroatoms. The van der Waals surface area contributed by atoms with Crippen molar-refractivity contribution in [1.82, 2.24) is 5.32 Å². The second-order valence-corrected chi connectivity index (χ2v) is 5.10. The molecule has 1 aromatic rings. The van der Waals surface area contributed by atoms with Crippen LogP contribution in [0.15, 0.2) is 30.3 Å². The lowest BCUT2D eigenvalue weighted by Crippen LogP contribution is -2.32. The minimum Gasteiger partial charge on any atom is -0.353 e. The summed E-state index contributed by atoms with van der Waals surface area (Å²) in [5.74, 6) is 0.147. The minimum absolute atomic E-state index is 0.0412. The second kappa shape index (κ2) is 6.55. The van der Waals surface area contributed by atoms with Gasteiger partial charge in [-0.05, 0) is 24.8 Å². The zero-order valence-electron chi connectivity index (χ0n) is 10.8. The van der Waals surface area contributed by atoms with E-state index < -0.39 is 0 Å². The number of hydrogen-bond acceptors (Lipinski definition) is 2. The Kier molecular flexibility index (Phi) is 4.76. The van der Waals surface area contributed by atoms with Gasteiger partial charge in [-0.2, -0.15) is 0 Å². The molecule has 1 fully saturated rings. The van der Waals surface area contributed by atoms with E-state index in [1.54, 1.807) is 0 Å². The van der Waals surface area contributed by atoms with Crippen LogP contribution >= 0.6 is 0 Å². The Morgan fingerprint density at radius 3 is 2.61 bits per heavy atom. The van der Waals surface area contributed by atoms with Crippen LogP contribution in [0.1, 0.15) is 50.1 Å². The first-order valence-electron chi connectivity index (χ1n) is 6.85. The molecule has 1 aliphatic rings. The van der Waals surface area contributed by atoms with Gasteiger partial charge in [0.2, 0.25) is 5.91 Å². The number of hydrogen-bond donors (Lipinski definition) is 2. The molecule has 0 aliphatic heterocycles. The summed E-state index contributed by atoms with van der Waals surface area (Å²) in [5.41, 5.74) is 7.17. The summed E-state index contributed by atoms with van der Waals surface area (Å²) in [6.45, 7) is 0. The first-order valence-corrected chi connectivity index (χ1v) is 6.85. The SMILES string of the molecule is NC(CCC(=O)NC1CCCC1)c1ccccc1. The first kappa shape index (κ1) is 13.1. The molecule has 3 N–H and O–H groups in total. The van der Waals surface area contributed by atoms with Crippen molar-refractivity contribution in [2.24, 2.45) is 5.73 Å². The Morgan fingerprint density at radius 2 is 1.94 bits per heavy atom. The third-order valence-corrected chi connectivity index (χ3v) is 3.63. The van der Waals surface area contributed by atoms with Crippen molar-refractivity contribution in [2.75, 3.05) is 0 Å². The molecule has 98 valence electrons. The van der Waals surface area contributed by atoms with E-state index in [0.717, 1.165) is 18.4 Å². The highest BCUT2D eigenvalue weighted by molar-refractivity contribution is 5.76. The van der Waals surface area contributed by atoms with Crippen molar-refractivity contribution in [3.8, 4) is 0 Å². The van der Waals surface area contributed by atoms with Gasteiger partial charge < -0.3 is 11.1 Å². The zero-order chi connectivity index (χ0) is 12.8. The van der Waals surface area contributed by atoms with E-state index in [9.17, 15) is 4.79 Å². The van der Waals surface area contributed by atoms with E-state index in [0.29, 0.717) is 18.9 Å². The van der Waals surface area contributed by atoms with Crippen molar-refractivity contribution in [2.45, 2.75) is 50.6 Å². The van der Waals surface area contributed by atoms with E-state index in [1.165, 1.54) is 12.8 Å². The molecule has 0 radical (unpaired) electrons. The molecule has 1 unspecified atom stereocenters. The molecule has 0 spiro atoms. The molecule has 1 saturated carbocycles. The van der Waals surface area contributed by atoms with Crippen LogP contribution in [0.3, 0.4) is 0 Å². The molecule has 2 rings (SSSR count). The normalized spacial score (nSPS) is 17.6. The van der Waals surface area contributed by atoms with Crippen LogP contribution in [0.4, 0.5) is 0 Å². The van der Waals surface area contributed by atoms with Gasteiger partial charge in [0.15, 0.2) is 0 Å². The van der Waals surface area contributed by atoms with Gasteiger partial charge in [0.05, 0.1) is 0 Å². The zero-order valence-corrected chi connectivity index (χ0v) is 10.8. The minimum atomic E-state index is -0.0412. The van der Waals surface area contributed by atoms with Crippen molar-refractivity contribution in [1.29, 1.82) is 0 Å². The maximum atomic E-state index is 11.8. The summed E-state index contributed by atoms with van der Waals surface area (Å²) in [7, 11) is 0. The van der Waals surface area contributed by atoms with E-state index in [-0.39, 0.29) is 11.9 Å². The van der Waals surface area contributed by atoms with Crippen LogP contribution in [0.5, 0.6) is 0 Å². The van der Waals surface area contributed by atoms with Crippen LogP contribution < -0.4 is 11.1 Å². The smallest absolute Gasteiger partial charge is 0.220 e. The molecule has 0 heterocycles. The number of nitrogens with one attached hydrogen (secondary N) is 1. The van der Waals surface area contributed by atoms with Gasteiger partial charge in [-0.15, -0.1) is 0 Å². The maximum absolute atomic E-state index is 11.8. The number of nitrogens with two attached hydrogens (primary N) is 1. The highest BCUT2D eigenvalue weighted by atomic mass is 16.1. The average Bonchev–Trinajstić information content (AvgIpc) is 2.90. The fraction of sp³-hybridized carbons (Fsp3) is 0.533. The van der Waals surface area contributed by atoms with Gasteiger partial charge >= 0.3 is 0 Å². The summed E-state index contributed by atoms with van der Waals surface area (Å²) < 4.78 is 0. The summed E-state index contributed by atoms with van der Waals surface area (Å²) in [5, 5.41) is 3.09. The van der Waals surface area contributed by atoms with Gasteiger partial charge in [0, 0.05) is 18.5 Å². The molecule has 0 aromatic heterocycles. The molecule has 1 amide bonds. The Bertz CT molecular complexity index is 371. The predicted molar refractivity (Wildman–Crippen MR) is 73.0 cm³/mol. The third kappa shape index (κ3) is 3.84. The van der Waals surface area contributed by atoms with Crippen molar-refractivity contribution in [3.63, 3.8) is 0 Å². The van der Waals surface area contributed by atoms with Crippen molar-refractivity contribution in [3.05, 3.63) is 35.9 Å². The maximum Gasteiger partial charge on any atom is 0.220 e. The van der Waals surface area contributed by atoms with Gasteiger partial charge in [0.1, 0.15) is 0 Å². The average molecular weight is 246 g/mol. The monoisotopic (exact) mass is 246 g/mol. The molecule has 0 saturated heterocycles. The van der Waals surface area contributed by atoms with Crippen molar-refractivity contribution >= 4 is 5.91 Å². The third-order valence-electron chi connectivity index (χ3n) is 3.63. The van der Waals surface area contributed by atoms with E-state index in [4.69, 9.17) is 5.73 Å². The number of carbonyl (C=O) groups is 1.